The molecule has 3 nitrogen and oxygen atoms in total. The van der Waals surface area contributed by atoms with E-state index in [1.54, 1.807) is 12.1 Å². The Hall–Kier alpha value is -1.64. The van der Waals surface area contributed by atoms with E-state index in [4.69, 9.17) is 5.11 Å². The summed E-state index contributed by atoms with van der Waals surface area (Å²) in [7, 11) is 0. The standard InChI is InChI=1S/C12H14O3/c1-2-3-9-4-6-10(7-5-9)11(8-13)12(14)15/h4-8,11H,2-3H2,1H3,(H,14,15). The van der Waals surface area contributed by atoms with Crippen molar-refractivity contribution in [2.45, 2.75) is 25.7 Å². The summed E-state index contributed by atoms with van der Waals surface area (Å²) in [4.78, 5) is 21.3. The van der Waals surface area contributed by atoms with Gasteiger partial charge in [-0.2, -0.15) is 0 Å². The Bertz CT molecular complexity index is 340. The average Bonchev–Trinajstić information content (AvgIpc) is 2.21. The number of carboxylic acids is 1. The van der Waals surface area contributed by atoms with Crippen molar-refractivity contribution in [3.63, 3.8) is 0 Å². The minimum absolute atomic E-state index is 0.456. The average molecular weight is 206 g/mol. The van der Waals surface area contributed by atoms with E-state index >= 15 is 0 Å². The van der Waals surface area contributed by atoms with Gasteiger partial charge in [-0.1, -0.05) is 37.6 Å². The molecule has 1 atom stereocenters. The van der Waals surface area contributed by atoms with E-state index in [0.717, 1.165) is 18.4 Å². The molecule has 0 saturated carbocycles. The van der Waals surface area contributed by atoms with Crippen LogP contribution < -0.4 is 0 Å². The first kappa shape index (κ1) is 11.4. The van der Waals surface area contributed by atoms with Crippen molar-refractivity contribution in [3.8, 4) is 0 Å². The summed E-state index contributed by atoms with van der Waals surface area (Å²) >= 11 is 0. The number of aliphatic carboxylic acids is 1. The van der Waals surface area contributed by atoms with E-state index in [1.807, 2.05) is 12.1 Å². The number of carbonyl (C=O) groups excluding carboxylic acids is 1. The number of carbonyl (C=O) groups is 2. The predicted molar refractivity (Wildman–Crippen MR) is 56.9 cm³/mol. The third-order valence-corrected chi connectivity index (χ3v) is 2.28. The Morgan fingerprint density at radius 2 is 2.00 bits per heavy atom. The lowest BCUT2D eigenvalue weighted by molar-refractivity contribution is -0.140. The molecular weight excluding hydrogens is 192 g/mol. The molecule has 0 saturated heterocycles. The van der Waals surface area contributed by atoms with Crippen molar-refractivity contribution in [1.82, 2.24) is 0 Å². The normalized spacial score (nSPS) is 12.1. The van der Waals surface area contributed by atoms with Gasteiger partial charge >= 0.3 is 5.97 Å². The van der Waals surface area contributed by atoms with Crippen LogP contribution in [-0.2, 0) is 16.0 Å². The lowest BCUT2D eigenvalue weighted by Crippen LogP contribution is -2.12. The van der Waals surface area contributed by atoms with Crippen molar-refractivity contribution in [2.75, 3.05) is 0 Å². The molecule has 1 aromatic rings. The zero-order valence-electron chi connectivity index (χ0n) is 8.64. The fraction of sp³-hybridized carbons (Fsp3) is 0.333. The molecule has 0 aliphatic carbocycles. The van der Waals surface area contributed by atoms with Crippen molar-refractivity contribution in [1.29, 1.82) is 0 Å². The third-order valence-electron chi connectivity index (χ3n) is 2.28. The number of hydrogen-bond acceptors (Lipinski definition) is 2. The zero-order valence-corrected chi connectivity index (χ0v) is 8.64. The summed E-state index contributed by atoms with van der Waals surface area (Å²) in [6.45, 7) is 2.08. The van der Waals surface area contributed by atoms with Crippen molar-refractivity contribution in [2.24, 2.45) is 0 Å². The van der Waals surface area contributed by atoms with Gasteiger partial charge in [0.2, 0.25) is 0 Å². The zero-order chi connectivity index (χ0) is 11.3. The summed E-state index contributed by atoms with van der Waals surface area (Å²) in [6.07, 6.45) is 2.48. The molecule has 0 spiro atoms. The van der Waals surface area contributed by atoms with E-state index in [0.29, 0.717) is 11.8 Å². The van der Waals surface area contributed by atoms with Gasteiger partial charge in [-0.3, -0.25) is 4.79 Å². The number of carboxylic acid groups (broad SMARTS) is 1. The van der Waals surface area contributed by atoms with Crippen LogP contribution in [0.4, 0.5) is 0 Å². The van der Waals surface area contributed by atoms with Crippen LogP contribution in [0, 0.1) is 0 Å². The van der Waals surface area contributed by atoms with Crippen LogP contribution in [0.5, 0.6) is 0 Å². The fourth-order valence-electron chi connectivity index (χ4n) is 1.46. The molecule has 1 N–H and O–H groups in total. The Morgan fingerprint density at radius 3 is 2.40 bits per heavy atom. The first-order valence-corrected chi connectivity index (χ1v) is 4.96. The maximum absolute atomic E-state index is 10.7. The maximum atomic E-state index is 10.7. The van der Waals surface area contributed by atoms with E-state index in [-0.39, 0.29) is 0 Å². The molecule has 1 aromatic carbocycles. The Balaban J connectivity index is 2.86. The van der Waals surface area contributed by atoms with Gasteiger partial charge in [-0.25, -0.2) is 0 Å². The smallest absolute Gasteiger partial charge is 0.318 e. The Morgan fingerprint density at radius 1 is 1.40 bits per heavy atom. The second-order valence-electron chi connectivity index (χ2n) is 3.44. The Labute approximate surface area is 88.7 Å². The fourth-order valence-corrected chi connectivity index (χ4v) is 1.46. The minimum Gasteiger partial charge on any atom is -0.480 e. The van der Waals surface area contributed by atoms with Gasteiger partial charge in [0.05, 0.1) is 0 Å². The number of aryl methyl sites for hydroxylation is 1. The summed E-state index contributed by atoms with van der Waals surface area (Å²) in [5, 5.41) is 8.77. The molecule has 0 bridgehead atoms. The number of rotatable bonds is 5. The molecule has 15 heavy (non-hydrogen) atoms. The summed E-state index contributed by atoms with van der Waals surface area (Å²) < 4.78 is 0. The topological polar surface area (TPSA) is 54.4 Å². The molecule has 0 aromatic heterocycles. The van der Waals surface area contributed by atoms with Gasteiger partial charge in [0.15, 0.2) is 0 Å². The SMILES string of the molecule is CCCc1ccc(C(C=O)C(=O)O)cc1. The maximum Gasteiger partial charge on any atom is 0.318 e. The van der Waals surface area contributed by atoms with Crippen molar-refractivity contribution < 1.29 is 14.7 Å². The van der Waals surface area contributed by atoms with Gasteiger partial charge in [0, 0.05) is 0 Å². The largest absolute Gasteiger partial charge is 0.480 e. The second-order valence-corrected chi connectivity index (χ2v) is 3.44. The highest BCUT2D eigenvalue weighted by Crippen LogP contribution is 2.15. The second kappa shape index (κ2) is 5.29. The molecule has 0 aliphatic heterocycles. The lowest BCUT2D eigenvalue weighted by Gasteiger charge is -2.06. The predicted octanol–water partition coefficient (Wildman–Crippen LogP) is 2.01. The van der Waals surface area contributed by atoms with Crippen molar-refractivity contribution >= 4 is 12.3 Å². The molecule has 0 heterocycles. The van der Waals surface area contributed by atoms with Gasteiger partial charge in [0.1, 0.15) is 12.2 Å². The van der Waals surface area contributed by atoms with E-state index in [9.17, 15) is 9.59 Å². The third kappa shape index (κ3) is 2.91. The van der Waals surface area contributed by atoms with Gasteiger partial charge in [0.25, 0.3) is 0 Å². The molecule has 3 heteroatoms. The van der Waals surface area contributed by atoms with Gasteiger partial charge in [-0.05, 0) is 17.5 Å². The van der Waals surface area contributed by atoms with Crippen LogP contribution in [0.25, 0.3) is 0 Å². The lowest BCUT2D eigenvalue weighted by atomic mass is 9.98. The van der Waals surface area contributed by atoms with Crippen LogP contribution in [0.3, 0.4) is 0 Å². The van der Waals surface area contributed by atoms with Crippen LogP contribution in [0.15, 0.2) is 24.3 Å². The summed E-state index contributed by atoms with van der Waals surface area (Å²) in [5.41, 5.74) is 1.70. The highest BCUT2D eigenvalue weighted by Gasteiger charge is 2.18. The number of benzene rings is 1. The van der Waals surface area contributed by atoms with Crippen LogP contribution >= 0.6 is 0 Å². The summed E-state index contributed by atoms with van der Waals surface area (Å²) in [5.74, 6) is -2.14. The molecule has 80 valence electrons. The molecule has 0 radical (unpaired) electrons. The molecular formula is C12H14O3. The summed E-state index contributed by atoms with van der Waals surface area (Å²) in [6, 6.07) is 7.16. The first-order valence-electron chi connectivity index (χ1n) is 4.96. The molecule has 0 amide bonds. The van der Waals surface area contributed by atoms with E-state index in [2.05, 4.69) is 6.92 Å². The van der Waals surface area contributed by atoms with Crippen LogP contribution in [0.1, 0.15) is 30.4 Å². The van der Waals surface area contributed by atoms with Gasteiger partial charge < -0.3 is 9.90 Å². The highest BCUT2D eigenvalue weighted by molar-refractivity contribution is 5.92. The highest BCUT2D eigenvalue weighted by atomic mass is 16.4. The molecule has 1 unspecified atom stereocenters. The monoisotopic (exact) mass is 206 g/mol. The molecule has 1 rings (SSSR count). The Kier molecular flexibility index (Phi) is 4.03. The first-order chi connectivity index (χ1) is 7.19. The van der Waals surface area contributed by atoms with E-state index in [1.165, 1.54) is 0 Å². The van der Waals surface area contributed by atoms with Gasteiger partial charge in [-0.15, -0.1) is 0 Å². The number of hydrogen-bond donors (Lipinski definition) is 1. The number of aldehydes is 1. The quantitative estimate of drug-likeness (QED) is 0.592. The molecule has 0 fully saturated rings. The minimum atomic E-state index is -1.10. The van der Waals surface area contributed by atoms with Crippen LogP contribution in [0.2, 0.25) is 0 Å². The van der Waals surface area contributed by atoms with E-state index < -0.39 is 11.9 Å². The van der Waals surface area contributed by atoms with Crippen LogP contribution in [-0.4, -0.2) is 17.4 Å². The molecule has 0 aliphatic rings. The van der Waals surface area contributed by atoms with Crippen molar-refractivity contribution in [3.05, 3.63) is 35.4 Å².